The lowest BCUT2D eigenvalue weighted by molar-refractivity contribution is -0.120. The van der Waals surface area contributed by atoms with E-state index in [4.69, 9.17) is 5.73 Å². The number of amides is 1. The SMILES string of the molecule is CC(=O)CCCCN/C1=C(\N)c2ccccc2CN(C(=O)CCCCC(C)=O)c2ccccc21. The van der Waals surface area contributed by atoms with Crippen molar-refractivity contribution in [2.75, 3.05) is 11.4 Å². The van der Waals surface area contributed by atoms with Crippen LogP contribution in [0.2, 0.25) is 0 Å². The topological polar surface area (TPSA) is 92.5 Å². The summed E-state index contributed by atoms with van der Waals surface area (Å²) in [4.78, 5) is 37.7. The fourth-order valence-electron chi connectivity index (χ4n) is 4.29. The molecule has 6 nitrogen and oxygen atoms in total. The van der Waals surface area contributed by atoms with Gasteiger partial charge in [-0.1, -0.05) is 42.5 Å². The largest absolute Gasteiger partial charge is 0.397 e. The van der Waals surface area contributed by atoms with Crippen molar-refractivity contribution >= 4 is 34.6 Å². The Morgan fingerprint density at radius 1 is 0.824 bits per heavy atom. The quantitative estimate of drug-likeness (QED) is 0.468. The summed E-state index contributed by atoms with van der Waals surface area (Å²) < 4.78 is 0. The van der Waals surface area contributed by atoms with Gasteiger partial charge in [-0.25, -0.2) is 0 Å². The van der Waals surface area contributed by atoms with Gasteiger partial charge in [-0.3, -0.25) is 4.79 Å². The van der Waals surface area contributed by atoms with E-state index in [0.29, 0.717) is 50.9 Å². The van der Waals surface area contributed by atoms with Crippen LogP contribution in [0, 0.1) is 0 Å². The van der Waals surface area contributed by atoms with Crippen molar-refractivity contribution in [2.45, 2.75) is 65.3 Å². The van der Waals surface area contributed by atoms with E-state index in [1.807, 2.05) is 53.4 Å². The Morgan fingerprint density at radius 2 is 1.41 bits per heavy atom. The van der Waals surface area contributed by atoms with Crippen molar-refractivity contribution in [2.24, 2.45) is 5.73 Å². The molecule has 3 rings (SSSR count). The predicted molar refractivity (Wildman–Crippen MR) is 137 cm³/mol. The number of nitrogens with one attached hydrogen (secondary N) is 1. The smallest absolute Gasteiger partial charge is 0.227 e. The Labute approximate surface area is 202 Å². The molecule has 0 spiro atoms. The van der Waals surface area contributed by atoms with E-state index >= 15 is 0 Å². The molecule has 0 saturated heterocycles. The fraction of sp³-hybridized carbons (Fsp3) is 0.393. The minimum atomic E-state index is 0.0343. The second-order valence-corrected chi connectivity index (χ2v) is 8.94. The number of anilines is 1. The maximum absolute atomic E-state index is 13.4. The molecule has 6 heteroatoms. The van der Waals surface area contributed by atoms with Crippen LogP contribution < -0.4 is 16.0 Å². The van der Waals surface area contributed by atoms with Crippen molar-refractivity contribution in [3.05, 3.63) is 65.2 Å². The van der Waals surface area contributed by atoms with Gasteiger partial charge in [-0.15, -0.1) is 0 Å². The lowest BCUT2D eigenvalue weighted by Crippen LogP contribution is -2.33. The number of hydrogen-bond acceptors (Lipinski definition) is 5. The zero-order valence-electron chi connectivity index (χ0n) is 20.2. The predicted octanol–water partition coefficient (Wildman–Crippen LogP) is 4.82. The molecule has 0 unspecified atom stereocenters. The van der Waals surface area contributed by atoms with Crippen LogP contribution in [0.3, 0.4) is 0 Å². The summed E-state index contributed by atoms with van der Waals surface area (Å²) in [6.45, 7) is 4.31. The van der Waals surface area contributed by atoms with Crippen LogP contribution >= 0.6 is 0 Å². The lowest BCUT2D eigenvalue weighted by atomic mass is 9.95. The van der Waals surface area contributed by atoms with E-state index < -0.39 is 0 Å². The number of Topliss-reactive ketones (excluding diaryl/α,β-unsaturated/α-hetero) is 2. The van der Waals surface area contributed by atoms with Crippen molar-refractivity contribution in [3.8, 4) is 0 Å². The lowest BCUT2D eigenvalue weighted by Gasteiger charge is -2.30. The third-order valence-electron chi connectivity index (χ3n) is 6.10. The number of unbranched alkanes of at least 4 members (excludes halogenated alkanes) is 2. The van der Waals surface area contributed by atoms with Crippen LogP contribution in [0.4, 0.5) is 5.69 Å². The number of benzene rings is 2. The molecule has 0 radical (unpaired) electrons. The van der Waals surface area contributed by atoms with Crippen molar-refractivity contribution in [1.82, 2.24) is 5.32 Å². The van der Waals surface area contributed by atoms with Gasteiger partial charge in [0.1, 0.15) is 11.6 Å². The molecule has 2 aromatic carbocycles. The second kappa shape index (κ2) is 12.2. The standard InChI is InChI=1S/C28H35N3O3/c1-20(32)11-3-8-17-26(34)31-19-22-13-4-5-14-23(22)27(29)28(24-15-6-7-16-25(24)31)30-18-10-9-12-21(2)33/h4-7,13-16,30H,3,8-12,17-19,29H2,1-2H3/b28-27-. The number of nitrogens with zero attached hydrogens (tertiary/aromatic N) is 1. The van der Waals surface area contributed by atoms with E-state index in [9.17, 15) is 14.4 Å². The molecule has 0 fully saturated rings. The van der Waals surface area contributed by atoms with Crippen molar-refractivity contribution in [3.63, 3.8) is 0 Å². The van der Waals surface area contributed by atoms with Gasteiger partial charge in [0.15, 0.2) is 0 Å². The summed E-state index contributed by atoms with van der Waals surface area (Å²) in [6, 6.07) is 15.8. The van der Waals surface area contributed by atoms with E-state index in [1.54, 1.807) is 13.8 Å². The highest BCUT2D eigenvalue weighted by molar-refractivity contribution is 6.01. The van der Waals surface area contributed by atoms with Gasteiger partial charge in [0.25, 0.3) is 0 Å². The number of hydrogen-bond donors (Lipinski definition) is 2. The van der Waals surface area contributed by atoms with Gasteiger partial charge in [-0.2, -0.15) is 0 Å². The van der Waals surface area contributed by atoms with Crippen LogP contribution in [0.25, 0.3) is 11.4 Å². The van der Waals surface area contributed by atoms with E-state index in [-0.39, 0.29) is 17.5 Å². The highest BCUT2D eigenvalue weighted by Gasteiger charge is 2.25. The first-order valence-electron chi connectivity index (χ1n) is 12.1. The molecule has 1 aliphatic heterocycles. The first-order chi connectivity index (χ1) is 16.4. The van der Waals surface area contributed by atoms with Gasteiger partial charge >= 0.3 is 0 Å². The zero-order chi connectivity index (χ0) is 24.5. The molecule has 0 aromatic heterocycles. The van der Waals surface area contributed by atoms with Gasteiger partial charge in [-0.05, 0) is 51.2 Å². The van der Waals surface area contributed by atoms with Crippen molar-refractivity contribution in [1.29, 1.82) is 0 Å². The van der Waals surface area contributed by atoms with Crippen molar-refractivity contribution < 1.29 is 14.4 Å². The van der Waals surface area contributed by atoms with Crippen LogP contribution in [-0.4, -0.2) is 24.0 Å². The van der Waals surface area contributed by atoms with E-state index in [0.717, 1.165) is 40.9 Å². The molecule has 0 aliphatic carbocycles. The Balaban J connectivity index is 1.93. The summed E-state index contributed by atoms with van der Waals surface area (Å²) >= 11 is 0. The highest BCUT2D eigenvalue weighted by atomic mass is 16.2. The number of para-hydroxylation sites is 1. The normalized spacial score (nSPS) is 15.1. The number of carbonyl (C=O) groups excluding carboxylic acids is 3. The van der Waals surface area contributed by atoms with Gasteiger partial charge in [0.2, 0.25) is 5.91 Å². The minimum Gasteiger partial charge on any atom is -0.397 e. The molecule has 0 atom stereocenters. The number of rotatable bonds is 11. The third-order valence-corrected chi connectivity index (χ3v) is 6.10. The molecule has 1 amide bonds. The van der Waals surface area contributed by atoms with Crippen LogP contribution in [0.15, 0.2) is 48.5 Å². The number of nitrogens with two attached hydrogens (primary N) is 1. The Morgan fingerprint density at radius 3 is 2.12 bits per heavy atom. The maximum atomic E-state index is 13.4. The minimum absolute atomic E-state index is 0.0343. The van der Waals surface area contributed by atoms with Gasteiger partial charge in [0, 0.05) is 36.9 Å². The van der Waals surface area contributed by atoms with E-state index in [1.165, 1.54) is 0 Å². The summed E-state index contributed by atoms with van der Waals surface area (Å²) in [7, 11) is 0. The average Bonchev–Trinajstić information content (AvgIpc) is 2.81. The molecule has 3 N–H and O–H groups in total. The van der Waals surface area contributed by atoms with Crippen LogP contribution in [0.1, 0.15) is 75.5 Å². The molecule has 1 heterocycles. The molecular weight excluding hydrogens is 426 g/mol. The third kappa shape index (κ3) is 6.56. The first-order valence-corrected chi connectivity index (χ1v) is 12.1. The average molecular weight is 462 g/mol. The number of fused-ring (bicyclic) bond motifs is 2. The molecule has 2 aromatic rings. The molecular formula is C28H35N3O3. The van der Waals surface area contributed by atoms with Crippen LogP contribution in [0.5, 0.6) is 0 Å². The molecule has 0 saturated carbocycles. The number of carbonyl (C=O) groups is 3. The highest BCUT2D eigenvalue weighted by Crippen LogP contribution is 2.35. The maximum Gasteiger partial charge on any atom is 0.227 e. The Bertz CT molecular complexity index is 1070. The monoisotopic (exact) mass is 461 g/mol. The summed E-state index contributed by atoms with van der Waals surface area (Å²) in [5.74, 6) is 0.381. The summed E-state index contributed by atoms with van der Waals surface area (Å²) in [5, 5.41) is 3.50. The molecule has 180 valence electrons. The number of ketones is 2. The van der Waals surface area contributed by atoms with E-state index in [2.05, 4.69) is 5.32 Å². The zero-order valence-corrected chi connectivity index (χ0v) is 20.2. The molecule has 1 aliphatic rings. The van der Waals surface area contributed by atoms with Crippen LogP contribution in [-0.2, 0) is 20.9 Å². The fourth-order valence-corrected chi connectivity index (χ4v) is 4.29. The Kier molecular flexibility index (Phi) is 9.02. The Hall–Kier alpha value is -3.41. The summed E-state index contributed by atoms with van der Waals surface area (Å²) in [5.41, 5.74) is 11.8. The second-order valence-electron chi connectivity index (χ2n) is 8.94. The van der Waals surface area contributed by atoms with Gasteiger partial charge < -0.3 is 25.5 Å². The molecule has 0 bridgehead atoms. The summed E-state index contributed by atoms with van der Waals surface area (Å²) in [6.07, 6.45) is 4.52. The first kappa shape index (κ1) is 25.2. The molecule has 34 heavy (non-hydrogen) atoms. The van der Waals surface area contributed by atoms with Gasteiger partial charge in [0.05, 0.1) is 23.6 Å².